The molecule has 0 saturated heterocycles. The lowest BCUT2D eigenvalue weighted by Crippen LogP contribution is -2.16. The summed E-state index contributed by atoms with van der Waals surface area (Å²) in [7, 11) is -3.92. The zero-order valence-electron chi connectivity index (χ0n) is 9.70. The van der Waals surface area contributed by atoms with Crippen LogP contribution in [0, 0.1) is 0 Å². The fourth-order valence-corrected chi connectivity index (χ4v) is 2.02. The number of halogens is 1. The van der Waals surface area contributed by atoms with E-state index in [4.69, 9.17) is 22.5 Å². The van der Waals surface area contributed by atoms with Gasteiger partial charge in [-0.05, 0) is 28.5 Å². The smallest absolute Gasteiger partial charge is 0.281 e. The number of nitrogens with two attached hydrogens (primary N) is 2. The van der Waals surface area contributed by atoms with Gasteiger partial charge < -0.3 is 11.1 Å². The summed E-state index contributed by atoms with van der Waals surface area (Å²) in [6, 6.07) is 3.60. The van der Waals surface area contributed by atoms with Crippen molar-refractivity contribution in [2.45, 2.75) is 4.90 Å². The Labute approximate surface area is 117 Å². The van der Waals surface area contributed by atoms with Crippen LogP contribution in [0.4, 0.5) is 11.5 Å². The highest BCUT2D eigenvalue weighted by Gasteiger charge is 2.18. The zero-order valence-corrected chi connectivity index (χ0v) is 11.3. The third-order valence-corrected chi connectivity index (χ3v) is 3.48. The van der Waals surface area contributed by atoms with Crippen LogP contribution in [0.3, 0.4) is 0 Å². The molecular formula is C9H8ClN5O4S. The first kappa shape index (κ1) is 14.2. The molecule has 0 saturated carbocycles. The molecule has 0 atom stereocenters. The van der Waals surface area contributed by atoms with Crippen LogP contribution in [-0.2, 0) is 10.0 Å². The summed E-state index contributed by atoms with van der Waals surface area (Å²) in [4.78, 5) is 11.6. The van der Waals surface area contributed by atoms with Crippen LogP contribution < -0.4 is 16.2 Å². The first-order valence-electron chi connectivity index (χ1n) is 5.01. The number of primary sulfonamides is 1. The third kappa shape index (κ3) is 2.87. The fourth-order valence-electron chi connectivity index (χ4n) is 1.31. The van der Waals surface area contributed by atoms with E-state index in [1.165, 1.54) is 12.1 Å². The standard InChI is InChI=1S/C9H8ClN5O4S/c10-5-2-1-4(20(12,17)18)3-6(5)13-9(16)7-8(11)15-19-14-7/h1-3H,(H2,11,15)(H,13,16)(H2,12,17,18). The van der Waals surface area contributed by atoms with Gasteiger partial charge in [0.2, 0.25) is 21.5 Å². The number of nitrogens with one attached hydrogen (secondary N) is 1. The molecule has 0 radical (unpaired) electrons. The molecule has 5 N–H and O–H groups in total. The van der Waals surface area contributed by atoms with Crippen molar-refractivity contribution in [3.05, 3.63) is 28.9 Å². The number of carbonyl (C=O) groups excluding carboxylic acids is 1. The first-order chi connectivity index (χ1) is 9.29. The average Bonchev–Trinajstić information content (AvgIpc) is 2.77. The molecule has 0 aliphatic heterocycles. The maximum absolute atomic E-state index is 11.8. The van der Waals surface area contributed by atoms with E-state index in [0.29, 0.717) is 0 Å². The van der Waals surface area contributed by atoms with Crippen LogP contribution in [0.5, 0.6) is 0 Å². The van der Waals surface area contributed by atoms with Crippen LogP contribution in [0.2, 0.25) is 5.02 Å². The molecule has 1 amide bonds. The molecule has 0 bridgehead atoms. The van der Waals surface area contributed by atoms with Crippen LogP contribution in [-0.4, -0.2) is 24.6 Å². The van der Waals surface area contributed by atoms with Gasteiger partial charge in [-0.25, -0.2) is 18.2 Å². The summed E-state index contributed by atoms with van der Waals surface area (Å²) in [5.41, 5.74) is 5.14. The molecule has 2 rings (SSSR count). The van der Waals surface area contributed by atoms with E-state index < -0.39 is 15.9 Å². The highest BCUT2D eigenvalue weighted by molar-refractivity contribution is 7.89. The summed E-state index contributed by atoms with van der Waals surface area (Å²) >= 11 is 5.85. The number of hydrogen-bond donors (Lipinski definition) is 3. The van der Waals surface area contributed by atoms with Crippen molar-refractivity contribution in [3.8, 4) is 0 Å². The second-order valence-corrected chi connectivity index (χ2v) is 5.61. The number of amides is 1. The molecule has 2 aromatic rings. The quantitative estimate of drug-likeness (QED) is 0.730. The summed E-state index contributed by atoms with van der Waals surface area (Å²) in [5, 5.41) is 14.0. The minimum absolute atomic E-state index is 0.0330. The average molecular weight is 318 g/mol. The lowest BCUT2D eigenvalue weighted by atomic mass is 10.3. The molecule has 106 valence electrons. The normalized spacial score (nSPS) is 11.3. The van der Waals surface area contributed by atoms with Crippen LogP contribution in [0.1, 0.15) is 10.5 Å². The number of sulfonamides is 1. The molecule has 0 unspecified atom stereocenters. The Hall–Kier alpha value is -2.17. The van der Waals surface area contributed by atoms with Gasteiger partial charge in [0.1, 0.15) is 0 Å². The molecule has 1 aromatic heterocycles. The molecule has 0 spiro atoms. The van der Waals surface area contributed by atoms with E-state index in [-0.39, 0.29) is 27.1 Å². The van der Waals surface area contributed by atoms with Crippen molar-refractivity contribution in [3.63, 3.8) is 0 Å². The molecule has 20 heavy (non-hydrogen) atoms. The first-order valence-corrected chi connectivity index (χ1v) is 6.93. The minimum atomic E-state index is -3.92. The topological polar surface area (TPSA) is 154 Å². The summed E-state index contributed by atoms with van der Waals surface area (Å²) < 4.78 is 26.7. The second kappa shape index (κ2) is 5.07. The molecule has 9 nitrogen and oxygen atoms in total. The van der Waals surface area contributed by atoms with Crippen LogP contribution in [0.15, 0.2) is 27.7 Å². The van der Waals surface area contributed by atoms with Crippen molar-refractivity contribution in [1.82, 2.24) is 10.3 Å². The van der Waals surface area contributed by atoms with Gasteiger partial charge in [-0.2, -0.15) is 0 Å². The van der Waals surface area contributed by atoms with Gasteiger partial charge in [0.15, 0.2) is 0 Å². The monoisotopic (exact) mass is 317 g/mol. The van der Waals surface area contributed by atoms with Gasteiger partial charge in [0, 0.05) is 0 Å². The maximum atomic E-state index is 11.8. The molecule has 1 aromatic carbocycles. The summed E-state index contributed by atoms with van der Waals surface area (Å²) in [6.07, 6.45) is 0. The zero-order chi connectivity index (χ0) is 14.9. The highest BCUT2D eigenvalue weighted by atomic mass is 35.5. The number of carbonyl (C=O) groups is 1. The van der Waals surface area contributed by atoms with Crippen molar-refractivity contribution in [2.75, 3.05) is 11.1 Å². The van der Waals surface area contributed by atoms with Crippen molar-refractivity contribution in [1.29, 1.82) is 0 Å². The molecule has 0 fully saturated rings. The predicted octanol–water partition coefficient (Wildman–Crippen LogP) is 0.205. The number of nitrogens with zero attached hydrogens (tertiary/aromatic N) is 2. The second-order valence-electron chi connectivity index (χ2n) is 3.64. The van der Waals surface area contributed by atoms with Crippen molar-refractivity contribution < 1.29 is 17.8 Å². The Bertz CT molecular complexity index is 772. The van der Waals surface area contributed by atoms with E-state index in [1.54, 1.807) is 0 Å². The molecular weight excluding hydrogens is 310 g/mol. The Kier molecular flexibility index (Phi) is 3.61. The summed E-state index contributed by atoms with van der Waals surface area (Å²) in [5.74, 6) is -0.960. The van der Waals surface area contributed by atoms with E-state index in [9.17, 15) is 13.2 Å². The van der Waals surface area contributed by atoms with Gasteiger partial charge in [-0.1, -0.05) is 11.6 Å². The van der Waals surface area contributed by atoms with Gasteiger partial charge in [0.25, 0.3) is 5.91 Å². The number of nitrogen functional groups attached to an aromatic ring is 1. The Morgan fingerprint density at radius 2 is 2.05 bits per heavy atom. The minimum Gasteiger partial charge on any atom is -0.379 e. The van der Waals surface area contributed by atoms with Crippen molar-refractivity contribution in [2.24, 2.45) is 5.14 Å². The van der Waals surface area contributed by atoms with E-state index >= 15 is 0 Å². The number of aromatic nitrogens is 2. The number of hydrogen-bond acceptors (Lipinski definition) is 7. The maximum Gasteiger partial charge on any atom is 0.281 e. The fraction of sp³-hybridized carbons (Fsp3) is 0. The number of anilines is 2. The largest absolute Gasteiger partial charge is 0.379 e. The van der Waals surface area contributed by atoms with Gasteiger partial charge in [-0.15, -0.1) is 0 Å². The third-order valence-electron chi connectivity index (χ3n) is 2.24. The predicted molar refractivity (Wildman–Crippen MR) is 69.5 cm³/mol. The van der Waals surface area contributed by atoms with Gasteiger partial charge in [-0.3, -0.25) is 4.79 Å². The Morgan fingerprint density at radius 3 is 2.60 bits per heavy atom. The lowest BCUT2D eigenvalue weighted by molar-refractivity contribution is 0.101. The Morgan fingerprint density at radius 1 is 1.35 bits per heavy atom. The van der Waals surface area contributed by atoms with E-state index in [2.05, 4.69) is 20.3 Å². The molecule has 11 heteroatoms. The van der Waals surface area contributed by atoms with E-state index in [1.807, 2.05) is 0 Å². The lowest BCUT2D eigenvalue weighted by Gasteiger charge is -2.07. The Balaban J connectivity index is 2.34. The summed E-state index contributed by atoms with van der Waals surface area (Å²) in [6.45, 7) is 0. The molecule has 0 aliphatic rings. The number of rotatable bonds is 3. The highest BCUT2D eigenvalue weighted by Crippen LogP contribution is 2.25. The molecule has 1 heterocycles. The van der Waals surface area contributed by atoms with Crippen molar-refractivity contribution >= 4 is 39.0 Å². The SMILES string of the molecule is Nc1nonc1C(=O)Nc1cc(S(N)(=O)=O)ccc1Cl. The van der Waals surface area contributed by atoms with Crippen LogP contribution in [0.25, 0.3) is 0 Å². The van der Waals surface area contributed by atoms with Crippen LogP contribution >= 0.6 is 11.6 Å². The number of benzene rings is 1. The van der Waals surface area contributed by atoms with Gasteiger partial charge >= 0.3 is 0 Å². The molecule has 0 aliphatic carbocycles. The van der Waals surface area contributed by atoms with E-state index in [0.717, 1.165) is 6.07 Å². The van der Waals surface area contributed by atoms with Gasteiger partial charge in [0.05, 0.1) is 15.6 Å².